The summed E-state index contributed by atoms with van der Waals surface area (Å²) in [7, 11) is -3.52. The van der Waals surface area contributed by atoms with Crippen molar-refractivity contribution in [2.45, 2.75) is 13.3 Å². The topological polar surface area (TPSA) is 89.3 Å². The molecule has 0 radical (unpaired) electrons. The zero-order valence-electron chi connectivity index (χ0n) is 9.64. The second kappa shape index (κ2) is 5.79. The van der Waals surface area contributed by atoms with Gasteiger partial charge >= 0.3 is 0 Å². The summed E-state index contributed by atoms with van der Waals surface area (Å²) in [5.41, 5.74) is 1.97. The highest BCUT2D eigenvalue weighted by Crippen LogP contribution is 2.07. The highest BCUT2D eigenvalue weighted by Gasteiger charge is 2.07. The van der Waals surface area contributed by atoms with E-state index in [1.807, 2.05) is 31.2 Å². The Labute approximate surface area is 101 Å². The number of carbonyl (C=O) groups excluding carboxylic acids is 1. The zero-order chi connectivity index (χ0) is 12.9. The number of rotatable bonds is 5. The molecular formula is C11H16N2O3S. The molecule has 6 heteroatoms. The van der Waals surface area contributed by atoms with E-state index < -0.39 is 10.0 Å². The first-order valence-corrected chi connectivity index (χ1v) is 6.92. The summed E-state index contributed by atoms with van der Waals surface area (Å²) in [6.45, 7) is 1.97. The van der Waals surface area contributed by atoms with Gasteiger partial charge in [0.25, 0.3) is 0 Å². The van der Waals surface area contributed by atoms with Gasteiger partial charge in [-0.2, -0.15) is 0 Å². The Hall–Kier alpha value is -1.40. The van der Waals surface area contributed by atoms with E-state index in [1.54, 1.807) is 0 Å². The lowest BCUT2D eigenvalue weighted by molar-refractivity contribution is -0.120. The van der Waals surface area contributed by atoms with Crippen LogP contribution in [0.2, 0.25) is 0 Å². The normalized spacial score (nSPS) is 11.2. The predicted molar refractivity (Wildman–Crippen MR) is 65.9 cm³/mol. The molecule has 0 aromatic heterocycles. The molecule has 0 aliphatic rings. The second-order valence-electron chi connectivity index (χ2n) is 3.82. The van der Waals surface area contributed by atoms with Crippen LogP contribution in [-0.2, 0) is 21.2 Å². The average molecular weight is 256 g/mol. The van der Waals surface area contributed by atoms with Crippen LogP contribution in [0.5, 0.6) is 0 Å². The highest BCUT2D eigenvalue weighted by molar-refractivity contribution is 7.89. The Kier molecular flexibility index (Phi) is 4.65. The van der Waals surface area contributed by atoms with Crippen LogP contribution in [0, 0.1) is 6.92 Å². The molecule has 0 aliphatic carbocycles. The molecule has 0 bridgehead atoms. The molecule has 0 unspecified atom stereocenters. The number of hydrogen-bond donors (Lipinski definition) is 2. The largest absolute Gasteiger partial charge is 0.355 e. The first-order valence-electron chi connectivity index (χ1n) is 5.20. The summed E-state index contributed by atoms with van der Waals surface area (Å²) in [6, 6.07) is 7.55. The molecule has 1 aromatic carbocycles. The number of hydrogen-bond acceptors (Lipinski definition) is 3. The van der Waals surface area contributed by atoms with Gasteiger partial charge in [0, 0.05) is 6.54 Å². The van der Waals surface area contributed by atoms with Crippen LogP contribution in [0.25, 0.3) is 0 Å². The van der Waals surface area contributed by atoms with E-state index in [2.05, 4.69) is 5.32 Å². The molecule has 0 saturated carbocycles. The van der Waals surface area contributed by atoms with Gasteiger partial charge in [0.05, 0.1) is 12.2 Å². The number of amides is 1. The quantitative estimate of drug-likeness (QED) is 0.773. The van der Waals surface area contributed by atoms with Gasteiger partial charge in [-0.25, -0.2) is 13.6 Å². The van der Waals surface area contributed by atoms with Gasteiger partial charge in [0.15, 0.2) is 0 Å². The van der Waals surface area contributed by atoms with E-state index in [-0.39, 0.29) is 24.6 Å². The molecule has 0 heterocycles. The molecule has 1 rings (SSSR count). The third-order valence-corrected chi connectivity index (χ3v) is 3.09. The number of primary sulfonamides is 1. The summed E-state index contributed by atoms with van der Waals surface area (Å²) in [5, 5.41) is 7.34. The van der Waals surface area contributed by atoms with Crippen molar-refractivity contribution in [2.24, 2.45) is 5.14 Å². The minimum atomic E-state index is -3.52. The maximum Gasteiger partial charge on any atom is 0.224 e. The monoisotopic (exact) mass is 256 g/mol. The van der Waals surface area contributed by atoms with Gasteiger partial charge in [-0.3, -0.25) is 4.79 Å². The third-order valence-electron chi connectivity index (χ3n) is 2.32. The van der Waals surface area contributed by atoms with Crippen molar-refractivity contribution in [3.63, 3.8) is 0 Å². The summed E-state index contributed by atoms with van der Waals surface area (Å²) in [6.07, 6.45) is 0.247. The molecule has 17 heavy (non-hydrogen) atoms. The Morgan fingerprint density at radius 2 is 2.00 bits per heavy atom. The highest BCUT2D eigenvalue weighted by atomic mass is 32.2. The molecular weight excluding hydrogens is 240 g/mol. The molecule has 1 amide bonds. The third kappa shape index (κ3) is 5.46. The first-order chi connectivity index (χ1) is 7.88. The summed E-state index contributed by atoms with van der Waals surface area (Å²) in [5.74, 6) is -0.449. The van der Waals surface area contributed by atoms with Crippen molar-refractivity contribution in [1.29, 1.82) is 0 Å². The fourth-order valence-corrected chi connectivity index (χ4v) is 1.76. The fourth-order valence-electron chi connectivity index (χ4n) is 1.38. The molecule has 0 fully saturated rings. The van der Waals surface area contributed by atoms with Crippen LogP contribution >= 0.6 is 0 Å². The second-order valence-corrected chi connectivity index (χ2v) is 5.55. The van der Waals surface area contributed by atoms with E-state index >= 15 is 0 Å². The fraction of sp³-hybridized carbons (Fsp3) is 0.364. The summed E-state index contributed by atoms with van der Waals surface area (Å²) >= 11 is 0. The Morgan fingerprint density at radius 3 is 2.59 bits per heavy atom. The van der Waals surface area contributed by atoms with Gasteiger partial charge in [-0.05, 0) is 18.1 Å². The van der Waals surface area contributed by atoms with Crippen LogP contribution in [0.4, 0.5) is 0 Å². The van der Waals surface area contributed by atoms with E-state index in [1.165, 1.54) is 0 Å². The van der Waals surface area contributed by atoms with Gasteiger partial charge in [0.2, 0.25) is 15.9 Å². The zero-order valence-corrected chi connectivity index (χ0v) is 10.5. The van der Waals surface area contributed by atoms with Gasteiger partial charge < -0.3 is 5.32 Å². The molecule has 0 atom stereocenters. The maximum atomic E-state index is 11.5. The Bertz CT molecular complexity index is 497. The van der Waals surface area contributed by atoms with Crippen molar-refractivity contribution in [2.75, 3.05) is 12.3 Å². The summed E-state index contributed by atoms with van der Waals surface area (Å²) < 4.78 is 21.3. The molecule has 5 nitrogen and oxygen atoms in total. The van der Waals surface area contributed by atoms with Crippen LogP contribution in [0.3, 0.4) is 0 Å². The van der Waals surface area contributed by atoms with E-state index in [0.717, 1.165) is 11.1 Å². The van der Waals surface area contributed by atoms with Crippen molar-refractivity contribution in [3.05, 3.63) is 35.4 Å². The van der Waals surface area contributed by atoms with Crippen molar-refractivity contribution in [1.82, 2.24) is 5.32 Å². The van der Waals surface area contributed by atoms with Crippen LogP contribution in [0.1, 0.15) is 11.1 Å². The van der Waals surface area contributed by atoms with E-state index in [4.69, 9.17) is 5.14 Å². The number of sulfonamides is 1. The van der Waals surface area contributed by atoms with Crippen molar-refractivity contribution < 1.29 is 13.2 Å². The van der Waals surface area contributed by atoms with E-state index in [9.17, 15) is 13.2 Å². The standard InChI is InChI=1S/C11H16N2O3S/c1-9-4-2-3-5-10(9)8-11(14)13-6-7-17(12,15)16/h2-5H,6-8H2,1H3,(H,13,14)(H2,12,15,16). The van der Waals surface area contributed by atoms with Gasteiger partial charge in [-0.1, -0.05) is 24.3 Å². The molecule has 3 N–H and O–H groups in total. The number of aryl methyl sites for hydroxylation is 1. The number of benzene rings is 1. The molecule has 0 aliphatic heterocycles. The van der Waals surface area contributed by atoms with Crippen molar-refractivity contribution in [3.8, 4) is 0 Å². The number of nitrogens with two attached hydrogens (primary N) is 1. The predicted octanol–water partition coefficient (Wildman–Crippen LogP) is -0.0578. The van der Waals surface area contributed by atoms with Gasteiger partial charge in [-0.15, -0.1) is 0 Å². The number of nitrogens with one attached hydrogen (secondary N) is 1. The first kappa shape index (κ1) is 13.7. The molecule has 0 saturated heterocycles. The lowest BCUT2D eigenvalue weighted by Gasteiger charge is -2.06. The summed E-state index contributed by atoms with van der Waals surface area (Å²) in [4.78, 5) is 11.5. The van der Waals surface area contributed by atoms with Gasteiger partial charge in [0.1, 0.15) is 0 Å². The average Bonchev–Trinajstić information content (AvgIpc) is 2.19. The number of carbonyl (C=O) groups is 1. The minimum Gasteiger partial charge on any atom is -0.355 e. The van der Waals surface area contributed by atoms with E-state index in [0.29, 0.717) is 0 Å². The van der Waals surface area contributed by atoms with Crippen LogP contribution < -0.4 is 10.5 Å². The lowest BCUT2D eigenvalue weighted by Crippen LogP contribution is -2.32. The smallest absolute Gasteiger partial charge is 0.224 e. The Balaban J connectivity index is 2.43. The molecule has 0 spiro atoms. The van der Waals surface area contributed by atoms with Crippen LogP contribution in [-0.4, -0.2) is 26.6 Å². The SMILES string of the molecule is Cc1ccccc1CC(=O)NCCS(N)(=O)=O. The van der Waals surface area contributed by atoms with Crippen molar-refractivity contribution >= 4 is 15.9 Å². The van der Waals surface area contributed by atoms with Crippen LogP contribution in [0.15, 0.2) is 24.3 Å². The lowest BCUT2D eigenvalue weighted by atomic mass is 10.1. The Morgan fingerprint density at radius 1 is 1.35 bits per heavy atom. The molecule has 94 valence electrons. The minimum absolute atomic E-state index is 0.0452. The maximum absolute atomic E-state index is 11.5. The molecule has 1 aromatic rings.